The molecule has 0 saturated carbocycles. The summed E-state index contributed by atoms with van der Waals surface area (Å²) in [5, 5.41) is 9.08. The molecule has 1 rings (SSSR count). The summed E-state index contributed by atoms with van der Waals surface area (Å²) in [6, 6.07) is 3.28. The maximum atomic E-state index is 13.4. The Morgan fingerprint density at radius 1 is 1.44 bits per heavy atom. The van der Waals surface area contributed by atoms with Crippen LogP contribution >= 0.6 is 0 Å². The predicted octanol–water partition coefficient (Wildman–Crippen LogP) is 2.08. The van der Waals surface area contributed by atoms with E-state index in [9.17, 15) is 13.6 Å². The standard InChI is InChI=1S/C13H17F2NO2/c1-9(17)3-6-13(18)16(2)8-10-4-5-11(14)7-12(10)15/h4-5,7,9,17H,3,6,8H2,1-2H3. The molecule has 0 fully saturated rings. The molecule has 1 atom stereocenters. The molecule has 0 saturated heterocycles. The highest BCUT2D eigenvalue weighted by atomic mass is 19.1. The highest BCUT2D eigenvalue weighted by Crippen LogP contribution is 2.12. The van der Waals surface area contributed by atoms with Gasteiger partial charge >= 0.3 is 0 Å². The van der Waals surface area contributed by atoms with E-state index in [-0.39, 0.29) is 24.4 Å². The van der Waals surface area contributed by atoms with Crippen LogP contribution in [0.3, 0.4) is 0 Å². The topological polar surface area (TPSA) is 40.5 Å². The molecule has 0 aliphatic carbocycles. The minimum absolute atomic E-state index is 0.0881. The lowest BCUT2D eigenvalue weighted by Crippen LogP contribution is -2.27. The number of hydrogen-bond acceptors (Lipinski definition) is 2. The maximum Gasteiger partial charge on any atom is 0.222 e. The zero-order valence-electron chi connectivity index (χ0n) is 10.5. The summed E-state index contributed by atoms with van der Waals surface area (Å²) in [5.74, 6) is -1.48. The molecule has 5 heteroatoms. The minimum atomic E-state index is -0.662. The summed E-state index contributed by atoms with van der Waals surface area (Å²) >= 11 is 0. The molecule has 0 radical (unpaired) electrons. The van der Waals surface area contributed by atoms with Gasteiger partial charge in [0.05, 0.1) is 6.10 Å². The Balaban J connectivity index is 2.58. The van der Waals surface area contributed by atoms with Crippen molar-refractivity contribution in [3.63, 3.8) is 0 Å². The van der Waals surface area contributed by atoms with Crippen LogP contribution in [0.1, 0.15) is 25.3 Å². The van der Waals surface area contributed by atoms with E-state index in [0.29, 0.717) is 6.42 Å². The van der Waals surface area contributed by atoms with Crippen LogP contribution in [0.4, 0.5) is 8.78 Å². The SMILES string of the molecule is CC(O)CCC(=O)N(C)Cc1ccc(F)cc1F. The quantitative estimate of drug-likeness (QED) is 0.877. The normalized spacial score (nSPS) is 12.3. The predicted molar refractivity (Wildman–Crippen MR) is 63.7 cm³/mol. The second kappa shape index (κ2) is 6.44. The largest absolute Gasteiger partial charge is 0.393 e. The molecule has 0 spiro atoms. The zero-order valence-corrected chi connectivity index (χ0v) is 10.5. The summed E-state index contributed by atoms with van der Waals surface area (Å²) in [7, 11) is 1.55. The third kappa shape index (κ3) is 4.41. The lowest BCUT2D eigenvalue weighted by molar-refractivity contribution is -0.131. The molecule has 0 bridgehead atoms. The van der Waals surface area contributed by atoms with Gasteiger partial charge in [0.1, 0.15) is 11.6 Å². The van der Waals surface area contributed by atoms with E-state index in [0.717, 1.165) is 12.1 Å². The van der Waals surface area contributed by atoms with E-state index in [4.69, 9.17) is 5.11 Å². The average molecular weight is 257 g/mol. The fourth-order valence-electron chi connectivity index (χ4n) is 1.52. The number of carbonyl (C=O) groups is 1. The Morgan fingerprint density at radius 3 is 2.67 bits per heavy atom. The van der Waals surface area contributed by atoms with Gasteiger partial charge in [-0.3, -0.25) is 4.79 Å². The van der Waals surface area contributed by atoms with E-state index in [1.54, 1.807) is 14.0 Å². The number of aliphatic hydroxyl groups excluding tert-OH is 1. The zero-order chi connectivity index (χ0) is 13.7. The number of benzene rings is 1. The number of nitrogens with zero attached hydrogens (tertiary/aromatic N) is 1. The first kappa shape index (κ1) is 14.6. The smallest absolute Gasteiger partial charge is 0.222 e. The van der Waals surface area contributed by atoms with Gasteiger partial charge in [0, 0.05) is 31.6 Å². The molecule has 0 aromatic heterocycles. The highest BCUT2D eigenvalue weighted by molar-refractivity contribution is 5.75. The molecule has 0 aliphatic heterocycles. The van der Waals surface area contributed by atoms with Gasteiger partial charge in [0.25, 0.3) is 0 Å². The highest BCUT2D eigenvalue weighted by Gasteiger charge is 2.12. The number of rotatable bonds is 5. The van der Waals surface area contributed by atoms with Gasteiger partial charge < -0.3 is 10.0 Å². The number of hydrogen-bond donors (Lipinski definition) is 1. The first-order valence-electron chi connectivity index (χ1n) is 5.76. The lowest BCUT2D eigenvalue weighted by Gasteiger charge is -2.18. The number of aliphatic hydroxyl groups is 1. The van der Waals surface area contributed by atoms with Crippen LogP contribution in [0, 0.1) is 11.6 Å². The van der Waals surface area contributed by atoms with Crippen LogP contribution in [-0.4, -0.2) is 29.1 Å². The van der Waals surface area contributed by atoms with E-state index in [1.165, 1.54) is 11.0 Å². The van der Waals surface area contributed by atoms with Gasteiger partial charge in [-0.05, 0) is 19.4 Å². The number of carbonyl (C=O) groups excluding carboxylic acids is 1. The van der Waals surface area contributed by atoms with Crippen LogP contribution < -0.4 is 0 Å². The van der Waals surface area contributed by atoms with E-state index >= 15 is 0 Å². The fourth-order valence-corrected chi connectivity index (χ4v) is 1.52. The van der Waals surface area contributed by atoms with Gasteiger partial charge in [-0.2, -0.15) is 0 Å². The molecule has 3 nitrogen and oxygen atoms in total. The summed E-state index contributed by atoms with van der Waals surface area (Å²) in [6.07, 6.45) is 0.0383. The Morgan fingerprint density at radius 2 is 2.11 bits per heavy atom. The number of halogens is 2. The summed E-state index contributed by atoms with van der Waals surface area (Å²) in [4.78, 5) is 13.0. The van der Waals surface area contributed by atoms with Crippen molar-refractivity contribution in [3.05, 3.63) is 35.4 Å². The molecular weight excluding hydrogens is 240 g/mol. The van der Waals surface area contributed by atoms with Crippen molar-refractivity contribution in [1.29, 1.82) is 0 Å². The summed E-state index contributed by atoms with van der Waals surface area (Å²) in [5.41, 5.74) is 0.268. The molecule has 1 aromatic rings. The van der Waals surface area contributed by atoms with Gasteiger partial charge in [-0.15, -0.1) is 0 Å². The summed E-state index contributed by atoms with van der Waals surface area (Å²) in [6.45, 7) is 1.69. The molecular formula is C13H17F2NO2. The Bertz CT molecular complexity index is 421. The third-order valence-electron chi connectivity index (χ3n) is 2.62. The average Bonchev–Trinajstić information content (AvgIpc) is 2.29. The van der Waals surface area contributed by atoms with Crippen LogP contribution in [0.15, 0.2) is 18.2 Å². The molecule has 1 aromatic carbocycles. The van der Waals surface area contributed by atoms with Crippen molar-refractivity contribution in [2.75, 3.05) is 7.05 Å². The molecule has 100 valence electrons. The molecule has 1 N–H and O–H groups in total. The second-order valence-corrected chi connectivity index (χ2v) is 4.37. The molecule has 0 heterocycles. The van der Waals surface area contributed by atoms with Gasteiger partial charge in [-0.1, -0.05) is 6.07 Å². The van der Waals surface area contributed by atoms with Gasteiger partial charge in [-0.25, -0.2) is 8.78 Å². The van der Waals surface area contributed by atoms with E-state index < -0.39 is 17.7 Å². The maximum absolute atomic E-state index is 13.4. The van der Waals surface area contributed by atoms with Crippen molar-refractivity contribution in [3.8, 4) is 0 Å². The number of amides is 1. The van der Waals surface area contributed by atoms with Crippen molar-refractivity contribution < 1.29 is 18.7 Å². The van der Waals surface area contributed by atoms with E-state index in [2.05, 4.69) is 0 Å². The van der Waals surface area contributed by atoms with Crippen LogP contribution in [0.25, 0.3) is 0 Å². The van der Waals surface area contributed by atoms with Crippen molar-refractivity contribution in [2.24, 2.45) is 0 Å². The van der Waals surface area contributed by atoms with Gasteiger partial charge in [0.2, 0.25) is 5.91 Å². The molecule has 1 unspecified atom stereocenters. The van der Waals surface area contributed by atoms with Gasteiger partial charge in [0.15, 0.2) is 0 Å². The lowest BCUT2D eigenvalue weighted by atomic mass is 10.1. The Labute approximate surface area is 105 Å². The van der Waals surface area contributed by atoms with Crippen molar-refractivity contribution in [1.82, 2.24) is 4.90 Å². The van der Waals surface area contributed by atoms with Crippen LogP contribution in [0.2, 0.25) is 0 Å². The third-order valence-corrected chi connectivity index (χ3v) is 2.62. The monoisotopic (exact) mass is 257 g/mol. The Hall–Kier alpha value is -1.49. The first-order valence-corrected chi connectivity index (χ1v) is 5.76. The molecule has 0 aliphatic rings. The van der Waals surface area contributed by atoms with Crippen LogP contribution in [0.5, 0.6) is 0 Å². The van der Waals surface area contributed by atoms with Crippen molar-refractivity contribution in [2.45, 2.75) is 32.4 Å². The summed E-state index contributed by atoms with van der Waals surface area (Å²) < 4.78 is 26.1. The molecule has 1 amide bonds. The molecule has 18 heavy (non-hydrogen) atoms. The second-order valence-electron chi connectivity index (χ2n) is 4.37. The van der Waals surface area contributed by atoms with E-state index in [1.807, 2.05) is 0 Å². The fraction of sp³-hybridized carbons (Fsp3) is 0.462. The first-order chi connectivity index (χ1) is 8.40. The van der Waals surface area contributed by atoms with Crippen LogP contribution in [-0.2, 0) is 11.3 Å². The minimum Gasteiger partial charge on any atom is -0.393 e. The Kier molecular flexibility index (Phi) is 5.22. The van der Waals surface area contributed by atoms with Crippen molar-refractivity contribution >= 4 is 5.91 Å².